The Hall–Kier alpha value is -3.03. The van der Waals surface area contributed by atoms with Crippen LogP contribution in [-0.4, -0.2) is 57.3 Å². The van der Waals surface area contributed by atoms with E-state index in [0.29, 0.717) is 34.5 Å². The van der Waals surface area contributed by atoms with Gasteiger partial charge in [0.1, 0.15) is 5.69 Å². The quantitative estimate of drug-likeness (QED) is 0.835. The maximum Gasteiger partial charge on any atom is 0.255 e. The van der Waals surface area contributed by atoms with Gasteiger partial charge < -0.3 is 24.6 Å². The summed E-state index contributed by atoms with van der Waals surface area (Å²) in [4.78, 5) is 25.8. The molecule has 0 spiro atoms. The molecule has 27 heavy (non-hydrogen) atoms. The number of hydrogen-bond donors (Lipinski definition) is 1. The molecule has 0 aliphatic carbocycles. The molecule has 1 aliphatic heterocycles. The van der Waals surface area contributed by atoms with E-state index >= 15 is 0 Å². The Morgan fingerprint density at radius 1 is 1.15 bits per heavy atom. The van der Waals surface area contributed by atoms with Gasteiger partial charge in [0.15, 0.2) is 17.3 Å². The van der Waals surface area contributed by atoms with Gasteiger partial charge in [0.25, 0.3) is 5.91 Å². The third kappa shape index (κ3) is 4.05. The van der Waals surface area contributed by atoms with Gasteiger partial charge >= 0.3 is 0 Å². The van der Waals surface area contributed by atoms with E-state index in [0.717, 1.165) is 25.9 Å². The summed E-state index contributed by atoms with van der Waals surface area (Å²) in [7, 11) is 6.87. The van der Waals surface area contributed by atoms with E-state index in [1.165, 1.54) is 7.11 Å². The lowest BCUT2D eigenvalue weighted by molar-refractivity contribution is 0.102. The van der Waals surface area contributed by atoms with Gasteiger partial charge in [-0.25, -0.2) is 4.98 Å². The van der Waals surface area contributed by atoms with Crippen molar-refractivity contribution in [2.45, 2.75) is 12.8 Å². The zero-order valence-electron chi connectivity index (χ0n) is 16.2. The normalized spacial score (nSPS) is 13.4. The van der Waals surface area contributed by atoms with Crippen molar-refractivity contribution in [3.8, 4) is 11.5 Å². The number of carbonyl (C=O) groups is 1. The van der Waals surface area contributed by atoms with Crippen molar-refractivity contribution in [3.63, 3.8) is 0 Å². The van der Waals surface area contributed by atoms with Crippen LogP contribution in [0.25, 0.3) is 0 Å². The van der Waals surface area contributed by atoms with E-state index in [1.807, 2.05) is 19.0 Å². The standard InChI is InChI=1S/C19H25N5O3/c1-23(2)17-14(12-20-19(22-17)24-9-5-6-10-24)21-18(25)13-7-8-15(26-3)16(11-13)27-4/h7-8,11-12H,5-6,9-10H2,1-4H3,(H,21,25). The number of rotatable bonds is 6. The largest absolute Gasteiger partial charge is 0.493 e. The van der Waals surface area contributed by atoms with Crippen LogP contribution in [0.15, 0.2) is 24.4 Å². The van der Waals surface area contributed by atoms with Crippen molar-refractivity contribution in [1.82, 2.24) is 9.97 Å². The minimum Gasteiger partial charge on any atom is -0.493 e. The Kier molecular flexibility index (Phi) is 5.63. The van der Waals surface area contributed by atoms with Gasteiger partial charge in [-0.15, -0.1) is 0 Å². The maximum absolute atomic E-state index is 12.7. The topological polar surface area (TPSA) is 79.8 Å². The third-order valence-electron chi connectivity index (χ3n) is 4.46. The summed E-state index contributed by atoms with van der Waals surface area (Å²) < 4.78 is 10.5. The summed E-state index contributed by atoms with van der Waals surface area (Å²) in [6.07, 6.45) is 3.96. The van der Waals surface area contributed by atoms with Crippen molar-refractivity contribution >= 4 is 23.4 Å². The molecule has 0 unspecified atom stereocenters. The van der Waals surface area contributed by atoms with E-state index in [1.54, 1.807) is 31.5 Å². The molecule has 8 heteroatoms. The Labute approximate surface area is 159 Å². The molecule has 0 bridgehead atoms. The van der Waals surface area contributed by atoms with Gasteiger partial charge in [-0.05, 0) is 31.0 Å². The number of nitrogens with zero attached hydrogens (tertiary/aromatic N) is 4. The second-order valence-electron chi connectivity index (χ2n) is 6.52. The van der Waals surface area contributed by atoms with Crippen LogP contribution >= 0.6 is 0 Å². The van der Waals surface area contributed by atoms with E-state index in [4.69, 9.17) is 9.47 Å². The van der Waals surface area contributed by atoms with Gasteiger partial charge in [-0.2, -0.15) is 4.98 Å². The second kappa shape index (κ2) is 8.11. The van der Waals surface area contributed by atoms with Crippen molar-refractivity contribution in [3.05, 3.63) is 30.0 Å². The fourth-order valence-electron chi connectivity index (χ4n) is 3.03. The number of nitrogens with one attached hydrogen (secondary N) is 1. The molecule has 144 valence electrons. The second-order valence-corrected chi connectivity index (χ2v) is 6.52. The first kappa shape index (κ1) is 18.8. The first-order chi connectivity index (χ1) is 13.0. The monoisotopic (exact) mass is 371 g/mol. The summed E-state index contributed by atoms with van der Waals surface area (Å²) in [6, 6.07) is 5.03. The fourth-order valence-corrected chi connectivity index (χ4v) is 3.03. The van der Waals surface area contributed by atoms with Crippen LogP contribution in [0.5, 0.6) is 11.5 Å². The molecule has 1 N–H and O–H groups in total. The average Bonchev–Trinajstić information content (AvgIpc) is 3.22. The molecular weight excluding hydrogens is 346 g/mol. The number of anilines is 3. The first-order valence-electron chi connectivity index (χ1n) is 8.86. The third-order valence-corrected chi connectivity index (χ3v) is 4.46. The van der Waals surface area contributed by atoms with Gasteiger partial charge in [0.05, 0.1) is 20.4 Å². The Bertz CT molecular complexity index is 819. The predicted molar refractivity (Wildman–Crippen MR) is 105 cm³/mol. The molecular formula is C19H25N5O3. The Morgan fingerprint density at radius 3 is 2.48 bits per heavy atom. The number of ether oxygens (including phenoxy) is 2. The highest BCUT2D eigenvalue weighted by Crippen LogP contribution is 2.29. The van der Waals surface area contributed by atoms with E-state index in [2.05, 4.69) is 20.2 Å². The highest BCUT2D eigenvalue weighted by Gasteiger charge is 2.19. The van der Waals surface area contributed by atoms with E-state index in [-0.39, 0.29) is 5.91 Å². The highest BCUT2D eigenvalue weighted by atomic mass is 16.5. The molecule has 2 heterocycles. The fraction of sp³-hybridized carbons (Fsp3) is 0.421. The molecule has 1 amide bonds. The number of aromatic nitrogens is 2. The van der Waals surface area contributed by atoms with Gasteiger partial charge in [-0.1, -0.05) is 0 Å². The molecule has 1 saturated heterocycles. The average molecular weight is 371 g/mol. The molecule has 8 nitrogen and oxygen atoms in total. The molecule has 1 aromatic heterocycles. The summed E-state index contributed by atoms with van der Waals surface area (Å²) in [5.41, 5.74) is 1.02. The highest BCUT2D eigenvalue weighted by molar-refractivity contribution is 6.06. The molecule has 1 aromatic carbocycles. The minimum atomic E-state index is -0.267. The van der Waals surface area contributed by atoms with Crippen LogP contribution in [0.4, 0.5) is 17.5 Å². The lowest BCUT2D eigenvalue weighted by Crippen LogP contribution is -2.23. The van der Waals surface area contributed by atoms with Crippen molar-refractivity contribution in [1.29, 1.82) is 0 Å². The number of methoxy groups -OCH3 is 2. The number of carbonyl (C=O) groups excluding carboxylic acids is 1. The first-order valence-corrected chi connectivity index (χ1v) is 8.86. The molecule has 1 aliphatic rings. The van der Waals surface area contributed by atoms with Crippen molar-refractivity contribution in [2.75, 3.05) is 56.5 Å². The summed E-state index contributed by atoms with van der Waals surface area (Å²) >= 11 is 0. The molecule has 0 radical (unpaired) electrons. The van der Waals surface area contributed by atoms with Crippen molar-refractivity contribution < 1.29 is 14.3 Å². The van der Waals surface area contributed by atoms with Crippen LogP contribution < -0.4 is 24.6 Å². The smallest absolute Gasteiger partial charge is 0.255 e. The zero-order chi connectivity index (χ0) is 19.4. The lowest BCUT2D eigenvalue weighted by Gasteiger charge is -2.21. The Morgan fingerprint density at radius 2 is 1.85 bits per heavy atom. The van der Waals surface area contributed by atoms with Crippen LogP contribution in [-0.2, 0) is 0 Å². The SMILES string of the molecule is COc1ccc(C(=O)Nc2cnc(N3CCCC3)nc2N(C)C)cc1OC. The van der Waals surface area contributed by atoms with Gasteiger partial charge in [0.2, 0.25) is 5.95 Å². The lowest BCUT2D eigenvalue weighted by atomic mass is 10.2. The molecule has 0 saturated carbocycles. The van der Waals surface area contributed by atoms with Crippen LogP contribution in [0.3, 0.4) is 0 Å². The Balaban J connectivity index is 1.84. The number of hydrogen-bond acceptors (Lipinski definition) is 7. The van der Waals surface area contributed by atoms with Crippen LogP contribution in [0.2, 0.25) is 0 Å². The number of amides is 1. The summed E-state index contributed by atoms with van der Waals surface area (Å²) in [5.74, 6) is 2.16. The van der Waals surface area contributed by atoms with Crippen LogP contribution in [0, 0.1) is 0 Å². The molecule has 2 aromatic rings. The molecule has 0 atom stereocenters. The predicted octanol–water partition coefficient (Wildman–Crippen LogP) is 2.41. The number of benzene rings is 1. The van der Waals surface area contributed by atoms with Crippen LogP contribution in [0.1, 0.15) is 23.2 Å². The van der Waals surface area contributed by atoms with Crippen molar-refractivity contribution in [2.24, 2.45) is 0 Å². The summed E-state index contributed by atoms with van der Waals surface area (Å²) in [5, 5.41) is 2.89. The molecule has 1 fully saturated rings. The molecule has 3 rings (SSSR count). The minimum absolute atomic E-state index is 0.267. The van der Waals surface area contributed by atoms with E-state index < -0.39 is 0 Å². The van der Waals surface area contributed by atoms with Gasteiger partial charge in [0, 0.05) is 32.7 Å². The summed E-state index contributed by atoms with van der Waals surface area (Å²) in [6.45, 7) is 1.93. The maximum atomic E-state index is 12.7. The van der Waals surface area contributed by atoms with Gasteiger partial charge in [-0.3, -0.25) is 4.79 Å². The zero-order valence-corrected chi connectivity index (χ0v) is 16.2. The van der Waals surface area contributed by atoms with E-state index in [9.17, 15) is 4.79 Å².